The van der Waals surface area contributed by atoms with Crippen LogP contribution in [0.5, 0.6) is 0 Å². The van der Waals surface area contributed by atoms with Crippen LogP contribution >= 0.6 is 229 Å². The van der Waals surface area contributed by atoms with Crippen molar-refractivity contribution >= 4 is 367 Å². The first kappa shape index (κ1) is 49.8. The van der Waals surface area contributed by atoms with Crippen molar-refractivity contribution in [1.82, 2.24) is 0 Å². The Morgan fingerprint density at radius 1 is 0.280 bits per heavy atom. The maximum atomic E-state index is 3.67. The van der Waals surface area contributed by atoms with Crippen molar-refractivity contribution in [3.8, 4) is 29.3 Å². The molecule has 0 spiro atoms. The van der Waals surface area contributed by atoms with E-state index >= 15 is 0 Å². The van der Waals surface area contributed by atoms with Gasteiger partial charge in [0.2, 0.25) is 0 Å². The SMILES string of the molecule is Brc1cc2c(s1)c1sc(Br)cc1c1c3sc(Br)cc3sc21.[CH3][Sn]([CH3])([CH3])[c]1cc2sccc2s1.c1cc2sc(-c3cc4c(s3)c3sc(-c5cc6sccc6s5)cc3c3c5sc(-c6cc7sccc7s6)cc5sc43)cc2s1. The van der Waals surface area contributed by atoms with Crippen LogP contribution in [0.4, 0.5) is 0 Å². The van der Waals surface area contributed by atoms with E-state index in [-0.39, 0.29) is 0 Å². The van der Waals surface area contributed by atoms with Gasteiger partial charge in [0.05, 0.1) is 39.6 Å². The van der Waals surface area contributed by atoms with Crippen molar-refractivity contribution in [3.05, 3.63) is 118 Å². The molecule has 16 heterocycles. The fourth-order valence-electron chi connectivity index (χ4n) is 9.67. The van der Waals surface area contributed by atoms with Gasteiger partial charge in [-0.3, -0.25) is 0 Å². The van der Waals surface area contributed by atoms with Crippen molar-refractivity contribution in [2.45, 2.75) is 14.8 Å². The third-order valence-corrected chi connectivity index (χ3v) is 42.7. The fraction of sp³-hybridized carbons (Fsp3) is 0.0545. The Morgan fingerprint density at radius 3 is 1.16 bits per heavy atom. The molecule has 0 radical (unpaired) electrons. The molecule has 20 heteroatoms. The van der Waals surface area contributed by atoms with Gasteiger partial charge in [-0.2, -0.15) is 0 Å². The van der Waals surface area contributed by atoms with Crippen molar-refractivity contribution in [2.24, 2.45) is 0 Å². The van der Waals surface area contributed by atoms with E-state index in [9.17, 15) is 0 Å². The summed E-state index contributed by atoms with van der Waals surface area (Å²) in [6.45, 7) is 0. The van der Waals surface area contributed by atoms with Crippen LogP contribution in [0.15, 0.2) is 118 Å². The Labute approximate surface area is 520 Å². The summed E-state index contributed by atoms with van der Waals surface area (Å²) in [5.41, 5.74) is 0. The maximum absolute atomic E-state index is 3.67. The zero-order chi connectivity index (χ0) is 50.2. The molecule has 0 aliphatic heterocycles. The minimum atomic E-state index is -1.75. The van der Waals surface area contributed by atoms with Gasteiger partial charge in [-0.15, -0.1) is 159 Å². The minimum Gasteiger partial charge on any atom is -0.143 e. The molecule has 18 aromatic rings. The summed E-state index contributed by atoms with van der Waals surface area (Å²) in [5, 5.41) is 17.3. The third-order valence-electron chi connectivity index (χ3n) is 13.0. The molecule has 0 amide bonds. The van der Waals surface area contributed by atoms with Crippen molar-refractivity contribution < 1.29 is 0 Å². The summed E-state index contributed by atoms with van der Waals surface area (Å²) in [6.07, 6.45) is 0. The number of hydrogen-bond donors (Lipinski definition) is 0. The standard InChI is InChI=1S/C32H12S10.C14H3Br3S4.C6H3S2.3CH3.Sn/c1-4-33-18-9-23(36-15(1)18)21-7-13-28-29(42-27-12-26(41-32(27)28)25-11-20-17(38-25)3-6-35-20)14-8-22(40-31(14)30(13)39-21)24-10-19-16(37-24)2-5-34-19;15-7-1-4-10-11(18-6-3-9(17)21-14(6)10)5-2-8(16)20-13(5)12(4)19-7;1-3-7-6-2-4-8-5(1)6;;;;/h1-12H;1-3H;1-3H;3*1H3;. The molecule has 0 aliphatic rings. The average Bonchev–Trinajstić information content (AvgIpc) is 4.30. The van der Waals surface area contributed by atoms with Gasteiger partial charge in [0.15, 0.2) is 0 Å². The molecule has 0 bridgehead atoms. The first-order chi connectivity index (χ1) is 36.4. The number of fused-ring (bicyclic) bond motifs is 20. The predicted molar refractivity (Wildman–Crippen MR) is 378 cm³/mol. The normalized spacial score (nSPS) is 12.7. The monoisotopic (exact) mass is 1560 g/mol. The average molecular weight is 1560 g/mol. The second-order valence-corrected chi connectivity index (χ2v) is 54.8. The van der Waals surface area contributed by atoms with Gasteiger partial charge in [-0.25, -0.2) is 0 Å². The van der Waals surface area contributed by atoms with Gasteiger partial charge in [-0.1, -0.05) is 0 Å². The van der Waals surface area contributed by atoms with Gasteiger partial charge in [-0.05, 0) is 137 Å². The van der Waals surface area contributed by atoms with E-state index in [2.05, 4.69) is 169 Å². The number of hydrogen-bond acceptors (Lipinski definition) is 16. The Bertz CT molecular complexity index is 5140. The van der Waals surface area contributed by atoms with Crippen LogP contribution in [0.3, 0.4) is 0 Å². The third kappa shape index (κ3) is 8.42. The summed E-state index contributed by atoms with van der Waals surface area (Å²) in [5.74, 6) is 0. The summed E-state index contributed by atoms with van der Waals surface area (Å²) in [4.78, 5) is 15.8. The molecule has 16 aromatic heterocycles. The van der Waals surface area contributed by atoms with Crippen LogP contribution in [0.1, 0.15) is 0 Å². The van der Waals surface area contributed by atoms with Crippen LogP contribution in [0.25, 0.3) is 146 Å². The van der Waals surface area contributed by atoms with E-state index in [4.69, 9.17) is 0 Å². The molecule has 0 nitrogen and oxygen atoms in total. The van der Waals surface area contributed by atoms with Gasteiger partial charge >= 0.3 is 85.7 Å². The Morgan fingerprint density at radius 2 is 0.627 bits per heavy atom. The van der Waals surface area contributed by atoms with Gasteiger partial charge in [0.1, 0.15) is 0 Å². The summed E-state index contributed by atoms with van der Waals surface area (Å²) in [6, 6.07) is 32.9. The fourth-order valence-corrected chi connectivity index (χ4v) is 35.8. The molecule has 368 valence electrons. The number of halogens is 3. The van der Waals surface area contributed by atoms with Gasteiger partial charge in [0.25, 0.3) is 0 Å². The quantitative estimate of drug-likeness (QED) is 0.154. The van der Waals surface area contributed by atoms with E-state index < -0.39 is 18.4 Å². The van der Waals surface area contributed by atoms with Crippen molar-refractivity contribution in [2.75, 3.05) is 0 Å². The van der Waals surface area contributed by atoms with Crippen LogP contribution in [-0.2, 0) is 0 Å². The Kier molecular flexibility index (Phi) is 12.6. The summed E-state index contributed by atoms with van der Waals surface area (Å²) >= 11 is 39.8. The molecule has 0 saturated carbocycles. The molecule has 75 heavy (non-hydrogen) atoms. The second kappa shape index (κ2) is 19.0. The van der Waals surface area contributed by atoms with Crippen LogP contribution in [0.2, 0.25) is 14.8 Å². The maximum Gasteiger partial charge on any atom is 0.0543 e. The number of benzene rings is 2. The van der Waals surface area contributed by atoms with E-state index in [1.54, 1.807) is 2.89 Å². The summed E-state index contributed by atoms with van der Waals surface area (Å²) < 4.78 is 30.9. The van der Waals surface area contributed by atoms with Crippen molar-refractivity contribution in [1.29, 1.82) is 0 Å². The summed E-state index contributed by atoms with van der Waals surface area (Å²) in [7, 11) is 0. The number of thiophene rings is 16. The first-order valence-electron chi connectivity index (χ1n) is 23.0. The second-order valence-electron chi connectivity index (χ2n) is 18.7. The van der Waals surface area contributed by atoms with E-state index in [1.165, 1.54) is 158 Å². The molecule has 0 atom stereocenters. The molecule has 0 saturated heterocycles. The molecular weight excluding hydrogens is 1530 g/mol. The molecular formula is C55H27Br3S16Sn. The molecule has 2 aromatic carbocycles. The van der Waals surface area contributed by atoms with Crippen LogP contribution in [-0.4, -0.2) is 18.4 Å². The first-order valence-corrected chi connectivity index (χ1v) is 48.7. The predicted octanol–water partition coefficient (Wildman–Crippen LogP) is 27.7. The molecule has 18 rings (SSSR count). The molecule has 0 fully saturated rings. The zero-order valence-corrected chi connectivity index (χ0v) is 59.2. The van der Waals surface area contributed by atoms with E-state index in [1.807, 2.05) is 181 Å². The van der Waals surface area contributed by atoms with Gasteiger partial charge < -0.3 is 0 Å². The molecule has 0 unspecified atom stereocenters. The molecule has 0 N–H and O–H groups in total. The smallest absolute Gasteiger partial charge is 0.0543 e. The minimum absolute atomic E-state index is 1.20. The molecule has 0 aliphatic carbocycles. The van der Waals surface area contributed by atoms with Crippen molar-refractivity contribution in [3.63, 3.8) is 0 Å². The largest absolute Gasteiger partial charge is 0.143 e. The van der Waals surface area contributed by atoms with Crippen LogP contribution < -0.4 is 2.89 Å². The zero-order valence-electron chi connectivity index (χ0n) is 38.6. The van der Waals surface area contributed by atoms with E-state index in [0.29, 0.717) is 0 Å². The number of rotatable bonds is 4. The topological polar surface area (TPSA) is 0 Å². The van der Waals surface area contributed by atoms with Gasteiger partial charge in [0, 0.05) is 109 Å². The van der Waals surface area contributed by atoms with E-state index in [0.717, 1.165) is 0 Å². The Balaban J connectivity index is 0.000000119. The van der Waals surface area contributed by atoms with Crippen LogP contribution in [0, 0.1) is 0 Å². The Hall–Kier alpha value is -1.00.